The number of carbonyl (C=O) groups is 3. The van der Waals surface area contributed by atoms with Crippen LogP contribution in [0.15, 0.2) is 48.5 Å². The van der Waals surface area contributed by atoms with Crippen LogP contribution >= 0.6 is 0 Å². The van der Waals surface area contributed by atoms with Crippen molar-refractivity contribution in [2.45, 2.75) is 38.2 Å². The maximum atomic E-state index is 14.4. The lowest BCUT2D eigenvalue weighted by Crippen LogP contribution is -2.52. The molecule has 1 aliphatic carbocycles. The Morgan fingerprint density at radius 2 is 1.61 bits per heavy atom. The zero-order valence-electron chi connectivity index (χ0n) is 18.4. The number of benzene rings is 2. The molecule has 0 fully saturated rings. The minimum absolute atomic E-state index is 0.0455. The Morgan fingerprint density at radius 3 is 2.12 bits per heavy atom. The quantitative estimate of drug-likeness (QED) is 0.592. The summed E-state index contributed by atoms with van der Waals surface area (Å²) >= 11 is 0. The molecule has 1 aliphatic rings. The van der Waals surface area contributed by atoms with Gasteiger partial charge < -0.3 is 20.1 Å². The van der Waals surface area contributed by atoms with Crippen LogP contribution in [-0.2, 0) is 14.3 Å². The Labute approximate surface area is 190 Å². The molecule has 2 aromatic rings. The normalized spacial score (nSPS) is 12.8. The Balaban J connectivity index is 1.59. The predicted octanol–water partition coefficient (Wildman–Crippen LogP) is 3.87. The zero-order chi connectivity index (χ0) is 24.2. The molecule has 0 spiro atoms. The highest BCUT2D eigenvalue weighted by atomic mass is 19.3. The summed E-state index contributed by atoms with van der Waals surface area (Å²) in [5.74, 6) is -6.88. The lowest BCUT2D eigenvalue weighted by atomic mass is 9.98. The van der Waals surface area contributed by atoms with Gasteiger partial charge in [-0.05, 0) is 36.1 Å². The van der Waals surface area contributed by atoms with E-state index in [2.05, 4.69) is 0 Å². The van der Waals surface area contributed by atoms with Crippen LogP contribution in [0.2, 0.25) is 0 Å². The van der Waals surface area contributed by atoms with Crippen LogP contribution in [0, 0.1) is 0 Å². The molecule has 3 rings (SSSR count). The van der Waals surface area contributed by atoms with Gasteiger partial charge in [0.15, 0.2) is 0 Å². The number of amides is 2. The zero-order valence-corrected chi connectivity index (χ0v) is 18.4. The van der Waals surface area contributed by atoms with Crippen molar-refractivity contribution in [1.29, 1.82) is 0 Å². The number of carboxylic acids is 1. The SMILES string of the molecule is CC(C)N(CCC(=O)O)C(=O)C(F)(F)CNC(=O)OCC1c2ccccc2-c2ccccc21. The fraction of sp³-hybridized carbons (Fsp3) is 0.375. The summed E-state index contributed by atoms with van der Waals surface area (Å²) in [5.41, 5.74) is 4.04. The minimum atomic E-state index is -3.91. The third-order valence-corrected chi connectivity index (χ3v) is 5.56. The Morgan fingerprint density at radius 1 is 1.06 bits per heavy atom. The van der Waals surface area contributed by atoms with E-state index in [9.17, 15) is 23.2 Å². The molecule has 0 aromatic heterocycles. The molecule has 0 aliphatic heterocycles. The van der Waals surface area contributed by atoms with Crippen molar-refractivity contribution in [2.75, 3.05) is 19.7 Å². The number of ether oxygens (including phenoxy) is 1. The van der Waals surface area contributed by atoms with E-state index in [0.717, 1.165) is 27.2 Å². The highest BCUT2D eigenvalue weighted by Crippen LogP contribution is 2.44. The van der Waals surface area contributed by atoms with Gasteiger partial charge in [-0.25, -0.2) is 4.79 Å². The van der Waals surface area contributed by atoms with E-state index in [1.165, 1.54) is 13.8 Å². The lowest BCUT2D eigenvalue weighted by molar-refractivity contribution is -0.159. The average molecular weight is 460 g/mol. The van der Waals surface area contributed by atoms with Crippen molar-refractivity contribution in [1.82, 2.24) is 10.2 Å². The van der Waals surface area contributed by atoms with E-state index in [1.807, 2.05) is 53.8 Å². The van der Waals surface area contributed by atoms with Gasteiger partial charge in [0, 0.05) is 18.5 Å². The molecule has 2 N–H and O–H groups in total. The molecule has 0 saturated carbocycles. The number of nitrogens with zero attached hydrogens (tertiary/aromatic N) is 1. The van der Waals surface area contributed by atoms with Crippen LogP contribution in [0.3, 0.4) is 0 Å². The molecule has 9 heteroatoms. The van der Waals surface area contributed by atoms with Crippen LogP contribution in [-0.4, -0.2) is 59.6 Å². The monoisotopic (exact) mass is 460 g/mol. The second-order valence-corrected chi connectivity index (χ2v) is 8.12. The van der Waals surface area contributed by atoms with Gasteiger partial charge in [0.1, 0.15) is 6.61 Å². The third kappa shape index (κ3) is 5.47. The number of carboxylic acid groups (broad SMARTS) is 1. The van der Waals surface area contributed by atoms with E-state index < -0.39 is 42.9 Å². The van der Waals surface area contributed by atoms with Crippen molar-refractivity contribution in [2.24, 2.45) is 0 Å². The summed E-state index contributed by atoms with van der Waals surface area (Å²) in [4.78, 5) is 35.9. The summed E-state index contributed by atoms with van der Waals surface area (Å²) in [6.07, 6.45) is -1.52. The maximum absolute atomic E-state index is 14.4. The number of hydrogen-bond acceptors (Lipinski definition) is 4. The molecular weight excluding hydrogens is 434 g/mol. The van der Waals surface area contributed by atoms with Crippen LogP contribution in [0.1, 0.15) is 37.3 Å². The summed E-state index contributed by atoms with van der Waals surface area (Å²) < 4.78 is 34.1. The topological polar surface area (TPSA) is 95.9 Å². The molecule has 0 bridgehead atoms. The molecule has 176 valence electrons. The number of nitrogens with one attached hydrogen (secondary N) is 1. The predicted molar refractivity (Wildman–Crippen MR) is 117 cm³/mol. The average Bonchev–Trinajstić information content (AvgIpc) is 3.09. The number of aliphatic carboxylic acids is 1. The number of hydrogen-bond donors (Lipinski definition) is 2. The van der Waals surface area contributed by atoms with Crippen LogP contribution in [0.25, 0.3) is 11.1 Å². The molecule has 0 atom stereocenters. The maximum Gasteiger partial charge on any atom is 0.407 e. The molecule has 0 heterocycles. The Hall–Kier alpha value is -3.49. The summed E-state index contributed by atoms with van der Waals surface area (Å²) in [7, 11) is 0. The molecule has 33 heavy (non-hydrogen) atoms. The van der Waals surface area contributed by atoms with Gasteiger partial charge in [0.2, 0.25) is 0 Å². The first kappa shape index (κ1) is 24.2. The van der Waals surface area contributed by atoms with Crippen molar-refractivity contribution in [3.63, 3.8) is 0 Å². The van der Waals surface area contributed by atoms with Crippen molar-refractivity contribution in [3.05, 3.63) is 59.7 Å². The van der Waals surface area contributed by atoms with Crippen LogP contribution in [0.4, 0.5) is 13.6 Å². The number of halogens is 2. The highest BCUT2D eigenvalue weighted by molar-refractivity contribution is 5.85. The van der Waals surface area contributed by atoms with Gasteiger partial charge in [-0.2, -0.15) is 8.78 Å². The first-order valence-corrected chi connectivity index (χ1v) is 10.6. The lowest BCUT2D eigenvalue weighted by Gasteiger charge is -2.30. The van der Waals surface area contributed by atoms with Gasteiger partial charge >= 0.3 is 18.0 Å². The first-order valence-electron chi connectivity index (χ1n) is 10.6. The molecule has 2 amide bonds. The standard InChI is InChI=1S/C24H26F2N2O5/c1-15(2)28(12-11-21(29)30)22(31)24(25,26)14-27-23(32)33-13-20-18-9-5-3-7-16(18)17-8-4-6-10-19(17)20/h3-10,15,20H,11-14H2,1-2H3,(H,27,32)(H,29,30). The van der Waals surface area contributed by atoms with Crippen LogP contribution < -0.4 is 5.32 Å². The number of fused-ring (bicyclic) bond motifs is 3. The minimum Gasteiger partial charge on any atom is -0.481 e. The van der Waals surface area contributed by atoms with E-state index >= 15 is 0 Å². The van der Waals surface area contributed by atoms with E-state index in [-0.39, 0.29) is 19.1 Å². The fourth-order valence-electron chi connectivity index (χ4n) is 3.93. The fourth-order valence-corrected chi connectivity index (χ4v) is 3.93. The molecule has 0 unspecified atom stereocenters. The second kappa shape index (κ2) is 9.97. The Kier molecular flexibility index (Phi) is 7.30. The van der Waals surface area contributed by atoms with E-state index in [1.54, 1.807) is 0 Å². The van der Waals surface area contributed by atoms with Gasteiger partial charge in [0.25, 0.3) is 5.91 Å². The summed E-state index contributed by atoms with van der Waals surface area (Å²) in [5, 5.41) is 10.7. The number of alkyl carbamates (subject to hydrolysis) is 1. The van der Waals surface area contributed by atoms with Crippen molar-refractivity contribution < 1.29 is 33.0 Å². The van der Waals surface area contributed by atoms with Gasteiger partial charge in [0.05, 0.1) is 13.0 Å². The Bertz CT molecular complexity index is 996. The second-order valence-electron chi connectivity index (χ2n) is 8.12. The molecule has 7 nitrogen and oxygen atoms in total. The highest BCUT2D eigenvalue weighted by Gasteiger charge is 2.43. The van der Waals surface area contributed by atoms with Gasteiger partial charge in [-0.1, -0.05) is 48.5 Å². The molecule has 0 saturated heterocycles. The molecular formula is C24H26F2N2O5. The number of carbonyl (C=O) groups excluding carboxylic acids is 2. The third-order valence-electron chi connectivity index (χ3n) is 5.56. The largest absolute Gasteiger partial charge is 0.481 e. The van der Waals surface area contributed by atoms with Gasteiger partial charge in [-0.3, -0.25) is 9.59 Å². The molecule has 2 aromatic carbocycles. The number of alkyl halides is 2. The van der Waals surface area contributed by atoms with Crippen molar-refractivity contribution in [3.8, 4) is 11.1 Å². The van der Waals surface area contributed by atoms with Crippen LogP contribution in [0.5, 0.6) is 0 Å². The van der Waals surface area contributed by atoms with Gasteiger partial charge in [-0.15, -0.1) is 0 Å². The summed E-state index contributed by atoms with van der Waals surface area (Å²) in [6, 6.07) is 14.8. The number of rotatable bonds is 9. The summed E-state index contributed by atoms with van der Waals surface area (Å²) in [6.45, 7) is 1.37. The smallest absolute Gasteiger partial charge is 0.407 e. The van der Waals surface area contributed by atoms with Crippen molar-refractivity contribution >= 4 is 18.0 Å². The van der Waals surface area contributed by atoms with E-state index in [0.29, 0.717) is 0 Å². The molecule has 0 radical (unpaired) electrons. The van der Waals surface area contributed by atoms with E-state index in [4.69, 9.17) is 9.84 Å². The first-order chi connectivity index (χ1) is 15.6.